The van der Waals surface area contributed by atoms with Gasteiger partial charge in [-0.2, -0.15) is 0 Å². The summed E-state index contributed by atoms with van der Waals surface area (Å²) in [5.74, 6) is -0.360. The van der Waals surface area contributed by atoms with Crippen LogP contribution in [0.4, 0.5) is 21.6 Å². The van der Waals surface area contributed by atoms with Crippen molar-refractivity contribution in [1.29, 1.82) is 0 Å². The molecule has 0 atom stereocenters. The van der Waals surface area contributed by atoms with E-state index in [0.717, 1.165) is 18.9 Å². The third-order valence-electron chi connectivity index (χ3n) is 4.41. The number of nitrogens with two attached hydrogens (primary N) is 1. The van der Waals surface area contributed by atoms with E-state index in [4.69, 9.17) is 5.73 Å². The summed E-state index contributed by atoms with van der Waals surface area (Å²) in [7, 11) is 0. The maximum Gasteiger partial charge on any atom is 0.257 e. The van der Waals surface area contributed by atoms with Gasteiger partial charge in [0.05, 0.1) is 22.5 Å². The van der Waals surface area contributed by atoms with E-state index in [0.29, 0.717) is 35.7 Å². The average molecular weight is 422 g/mol. The van der Waals surface area contributed by atoms with Crippen LogP contribution in [0.15, 0.2) is 61.1 Å². The van der Waals surface area contributed by atoms with E-state index < -0.39 is 5.82 Å². The molecule has 0 saturated heterocycles. The van der Waals surface area contributed by atoms with Gasteiger partial charge in [-0.1, -0.05) is 0 Å². The number of nitrogens with one attached hydrogen (secondary N) is 3. The fraction of sp³-hybridized carbons (Fsp3) is 0.182. The number of carbonyl (C=O) groups is 2. The number of aromatic nitrogens is 2. The number of benzene rings is 1. The molecule has 0 aliphatic rings. The summed E-state index contributed by atoms with van der Waals surface area (Å²) in [6.45, 7) is 1.24. The molecule has 160 valence electrons. The van der Waals surface area contributed by atoms with E-state index in [1.165, 1.54) is 24.5 Å². The summed E-state index contributed by atoms with van der Waals surface area (Å²) in [6, 6.07) is 10.6. The largest absolute Gasteiger partial charge is 0.397 e. The number of nitrogen functional groups attached to an aromatic ring is 1. The predicted octanol–water partition coefficient (Wildman–Crippen LogP) is 3.07. The van der Waals surface area contributed by atoms with Crippen LogP contribution in [-0.4, -0.2) is 34.9 Å². The summed E-state index contributed by atoms with van der Waals surface area (Å²) >= 11 is 0. The number of carbonyl (C=O) groups excluding carboxylic acids is 2. The van der Waals surface area contributed by atoms with Crippen LogP contribution in [0.3, 0.4) is 0 Å². The first-order valence-electron chi connectivity index (χ1n) is 9.77. The topological polar surface area (TPSA) is 122 Å². The number of nitrogens with zero attached hydrogens (tertiary/aromatic N) is 2. The second kappa shape index (κ2) is 10.7. The molecule has 0 unspecified atom stereocenters. The molecule has 2 amide bonds. The van der Waals surface area contributed by atoms with E-state index >= 15 is 0 Å². The molecule has 2 heterocycles. The first-order chi connectivity index (χ1) is 15.0. The van der Waals surface area contributed by atoms with Crippen molar-refractivity contribution in [2.75, 3.05) is 29.5 Å². The highest BCUT2D eigenvalue weighted by molar-refractivity contribution is 6.05. The molecular weight excluding hydrogens is 399 g/mol. The number of anilines is 3. The zero-order valence-corrected chi connectivity index (χ0v) is 16.8. The summed E-state index contributed by atoms with van der Waals surface area (Å²) in [5, 5.41) is 8.65. The van der Waals surface area contributed by atoms with Crippen LogP contribution in [0.5, 0.6) is 0 Å². The first-order valence-corrected chi connectivity index (χ1v) is 9.77. The Hall–Kier alpha value is -4.01. The highest BCUT2D eigenvalue weighted by atomic mass is 19.1. The fourth-order valence-corrected chi connectivity index (χ4v) is 2.74. The number of halogens is 1. The van der Waals surface area contributed by atoms with Gasteiger partial charge in [-0.25, -0.2) is 9.37 Å². The quantitative estimate of drug-likeness (QED) is 0.311. The Kier molecular flexibility index (Phi) is 7.47. The molecule has 9 heteroatoms. The maximum atomic E-state index is 13.1. The van der Waals surface area contributed by atoms with Crippen LogP contribution in [-0.2, 0) is 0 Å². The van der Waals surface area contributed by atoms with Crippen molar-refractivity contribution >= 4 is 29.0 Å². The number of rotatable bonds is 9. The lowest BCUT2D eigenvalue weighted by Gasteiger charge is -2.09. The number of amides is 2. The normalized spacial score (nSPS) is 10.4. The summed E-state index contributed by atoms with van der Waals surface area (Å²) in [5.41, 5.74) is 7.08. The van der Waals surface area contributed by atoms with Crippen molar-refractivity contribution in [3.63, 3.8) is 0 Å². The minimum absolute atomic E-state index is 0.140. The molecule has 3 rings (SSSR count). The Morgan fingerprint density at radius 1 is 0.968 bits per heavy atom. The van der Waals surface area contributed by atoms with Crippen LogP contribution < -0.4 is 21.7 Å². The zero-order valence-electron chi connectivity index (χ0n) is 16.8. The molecule has 0 bridgehead atoms. The lowest BCUT2D eigenvalue weighted by atomic mass is 10.2. The molecule has 0 radical (unpaired) electrons. The monoisotopic (exact) mass is 422 g/mol. The molecule has 8 nitrogen and oxygen atoms in total. The van der Waals surface area contributed by atoms with Gasteiger partial charge in [0.25, 0.3) is 11.8 Å². The highest BCUT2D eigenvalue weighted by Gasteiger charge is 2.09. The van der Waals surface area contributed by atoms with Crippen LogP contribution in [0, 0.1) is 5.82 Å². The van der Waals surface area contributed by atoms with Crippen LogP contribution in [0.1, 0.15) is 33.6 Å². The molecule has 0 spiro atoms. The Morgan fingerprint density at radius 3 is 2.48 bits per heavy atom. The van der Waals surface area contributed by atoms with Gasteiger partial charge >= 0.3 is 0 Å². The summed E-state index contributed by atoms with van der Waals surface area (Å²) < 4.78 is 13.1. The van der Waals surface area contributed by atoms with Crippen molar-refractivity contribution < 1.29 is 14.0 Å². The number of pyridine rings is 2. The molecule has 1 aromatic carbocycles. The Bertz CT molecular complexity index is 1030. The molecule has 5 N–H and O–H groups in total. The van der Waals surface area contributed by atoms with Crippen LogP contribution >= 0.6 is 0 Å². The Balaban J connectivity index is 1.37. The molecule has 2 aromatic heterocycles. The van der Waals surface area contributed by atoms with E-state index in [1.807, 2.05) is 0 Å². The van der Waals surface area contributed by atoms with E-state index in [2.05, 4.69) is 25.9 Å². The molecule has 0 saturated carbocycles. The van der Waals surface area contributed by atoms with E-state index in [1.54, 1.807) is 30.5 Å². The molecule has 0 fully saturated rings. The highest BCUT2D eigenvalue weighted by Crippen LogP contribution is 2.20. The van der Waals surface area contributed by atoms with Crippen molar-refractivity contribution in [1.82, 2.24) is 15.3 Å². The van der Waals surface area contributed by atoms with Crippen LogP contribution in [0.2, 0.25) is 0 Å². The van der Waals surface area contributed by atoms with Gasteiger partial charge in [-0.3, -0.25) is 14.6 Å². The lowest BCUT2D eigenvalue weighted by molar-refractivity contribution is 0.0951. The second-order valence-electron chi connectivity index (χ2n) is 6.75. The standard InChI is InChI=1S/C22H23FN6O2/c23-17-6-7-19(18(24)12-17)29-22(31)16-5-8-20(28-14-16)26-10-1-2-11-27-21(30)15-4-3-9-25-13-15/h3-9,12-14H,1-2,10-11,24H2,(H,26,28)(H,27,30)(H,29,31). The first kappa shape index (κ1) is 21.7. The Morgan fingerprint density at radius 2 is 1.77 bits per heavy atom. The number of hydrogen-bond acceptors (Lipinski definition) is 6. The minimum Gasteiger partial charge on any atom is -0.397 e. The Labute approximate surface area is 179 Å². The molecule has 0 aliphatic heterocycles. The smallest absolute Gasteiger partial charge is 0.257 e. The van der Waals surface area contributed by atoms with Crippen molar-refractivity contribution in [3.05, 3.63) is 78.0 Å². The van der Waals surface area contributed by atoms with Gasteiger partial charge in [0.1, 0.15) is 11.6 Å². The van der Waals surface area contributed by atoms with Gasteiger partial charge in [0, 0.05) is 31.7 Å². The summed E-state index contributed by atoms with van der Waals surface area (Å²) in [6.07, 6.45) is 6.24. The SMILES string of the molecule is Nc1cc(F)ccc1NC(=O)c1ccc(NCCCCNC(=O)c2cccnc2)nc1. The van der Waals surface area contributed by atoms with E-state index in [-0.39, 0.29) is 17.5 Å². The van der Waals surface area contributed by atoms with Crippen LogP contribution in [0.25, 0.3) is 0 Å². The average Bonchev–Trinajstić information content (AvgIpc) is 2.78. The molecule has 31 heavy (non-hydrogen) atoms. The predicted molar refractivity (Wildman–Crippen MR) is 117 cm³/mol. The zero-order chi connectivity index (χ0) is 22.1. The molecule has 3 aromatic rings. The minimum atomic E-state index is -0.469. The van der Waals surface area contributed by atoms with Gasteiger partial charge in [0.2, 0.25) is 0 Å². The number of hydrogen-bond donors (Lipinski definition) is 4. The summed E-state index contributed by atoms with van der Waals surface area (Å²) in [4.78, 5) is 32.3. The second-order valence-corrected chi connectivity index (χ2v) is 6.75. The van der Waals surface area contributed by atoms with Gasteiger partial charge in [0.15, 0.2) is 0 Å². The van der Waals surface area contributed by atoms with Gasteiger partial charge in [-0.15, -0.1) is 0 Å². The lowest BCUT2D eigenvalue weighted by Crippen LogP contribution is -2.24. The van der Waals surface area contributed by atoms with Crippen molar-refractivity contribution in [3.8, 4) is 0 Å². The number of unbranched alkanes of at least 4 members (excludes halogenated alkanes) is 1. The third kappa shape index (κ3) is 6.49. The van der Waals surface area contributed by atoms with Gasteiger partial charge in [-0.05, 0) is 55.3 Å². The molecular formula is C22H23FN6O2. The van der Waals surface area contributed by atoms with Crippen molar-refractivity contribution in [2.45, 2.75) is 12.8 Å². The fourth-order valence-electron chi connectivity index (χ4n) is 2.74. The van der Waals surface area contributed by atoms with Crippen molar-refractivity contribution in [2.24, 2.45) is 0 Å². The van der Waals surface area contributed by atoms with E-state index in [9.17, 15) is 14.0 Å². The maximum absolute atomic E-state index is 13.1. The molecule has 0 aliphatic carbocycles. The third-order valence-corrected chi connectivity index (χ3v) is 4.41. The van der Waals surface area contributed by atoms with Gasteiger partial charge < -0.3 is 21.7 Å².